The van der Waals surface area contributed by atoms with Gasteiger partial charge in [0.1, 0.15) is 5.82 Å². The summed E-state index contributed by atoms with van der Waals surface area (Å²) in [6.45, 7) is 1.97. The Bertz CT molecular complexity index is 141. The summed E-state index contributed by atoms with van der Waals surface area (Å²) in [5, 5.41) is 0. The number of nitrogens with zero attached hydrogens (tertiary/aromatic N) is 2. The van der Waals surface area contributed by atoms with Crippen molar-refractivity contribution in [1.29, 1.82) is 0 Å². The van der Waals surface area contributed by atoms with Crippen LogP contribution in [-0.4, -0.2) is 38.0 Å². The summed E-state index contributed by atoms with van der Waals surface area (Å²) < 4.78 is 0. The lowest BCUT2D eigenvalue weighted by atomic mass is 10.5. The van der Waals surface area contributed by atoms with Crippen LogP contribution in [0.15, 0.2) is 17.6 Å². The molecule has 0 bridgehead atoms. The fourth-order valence-electron chi connectivity index (χ4n) is 0.787. The maximum absolute atomic E-state index is 3.12. The molecule has 0 aromatic rings. The Labute approximate surface area is 63.4 Å². The summed E-state index contributed by atoms with van der Waals surface area (Å²) in [4.78, 5) is 4.06. The third-order valence-electron chi connectivity index (χ3n) is 1.12. The highest BCUT2D eigenvalue weighted by Gasteiger charge is 1.97. The van der Waals surface area contributed by atoms with Crippen LogP contribution in [-0.2, 0) is 0 Å². The minimum atomic E-state index is 1.09. The maximum Gasteiger partial charge on any atom is 0.148 e. The van der Waals surface area contributed by atoms with Crippen molar-refractivity contribution in [3.8, 4) is 0 Å². The van der Waals surface area contributed by atoms with Gasteiger partial charge in [0, 0.05) is 28.2 Å². The topological polar surface area (TPSA) is 6.48 Å². The van der Waals surface area contributed by atoms with Crippen molar-refractivity contribution in [2.45, 2.75) is 6.92 Å². The molecule has 0 saturated carbocycles. The molecule has 0 aliphatic rings. The molecule has 0 spiro atoms. The standard InChI is InChI=1S/C8H16N2/c1-6-7-8(9(2)3)10(4)5/h6H,1-5H3. The van der Waals surface area contributed by atoms with Gasteiger partial charge in [-0.25, -0.2) is 0 Å². The van der Waals surface area contributed by atoms with Crippen LogP contribution in [0, 0.1) is 0 Å². The van der Waals surface area contributed by atoms with Gasteiger partial charge in [-0.1, -0.05) is 5.73 Å². The van der Waals surface area contributed by atoms with Crippen molar-refractivity contribution in [3.05, 3.63) is 17.6 Å². The van der Waals surface area contributed by atoms with Gasteiger partial charge in [0.2, 0.25) is 0 Å². The van der Waals surface area contributed by atoms with Crippen LogP contribution >= 0.6 is 0 Å². The molecular weight excluding hydrogens is 124 g/mol. The molecule has 0 saturated heterocycles. The van der Waals surface area contributed by atoms with E-state index in [-0.39, 0.29) is 0 Å². The Kier molecular flexibility index (Phi) is 3.67. The van der Waals surface area contributed by atoms with Crippen LogP contribution in [0.2, 0.25) is 0 Å². The summed E-state index contributed by atoms with van der Waals surface area (Å²) in [5.74, 6) is 1.09. The molecule has 0 aliphatic carbocycles. The van der Waals surface area contributed by atoms with Gasteiger partial charge in [0.05, 0.1) is 0 Å². The molecule has 0 aliphatic heterocycles. The lowest BCUT2D eigenvalue weighted by Crippen LogP contribution is -2.23. The van der Waals surface area contributed by atoms with Crippen molar-refractivity contribution in [2.75, 3.05) is 28.2 Å². The number of hydrogen-bond donors (Lipinski definition) is 0. The zero-order valence-electron chi connectivity index (χ0n) is 7.47. The second-order valence-electron chi connectivity index (χ2n) is 2.55. The highest BCUT2D eigenvalue weighted by Crippen LogP contribution is 1.97. The highest BCUT2D eigenvalue weighted by atomic mass is 15.3. The van der Waals surface area contributed by atoms with Gasteiger partial charge in [0.15, 0.2) is 0 Å². The van der Waals surface area contributed by atoms with E-state index in [0.717, 1.165) is 5.82 Å². The number of rotatable bonds is 2. The van der Waals surface area contributed by atoms with Gasteiger partial charge in [-0.3, -0.25) is 0 Å². The van der Waals surface area contributed by atoms with Crippen LogP contribution in [0.25, 0.3) is 0 Å². The van der Waals surface area contributed by atoms with Crippen LogP contribution in [0.5, 0.6) is 0 Å². The van der Waals surface area contributed by atoms with Crippen LogP contribution in [0.3, 0.4) is 0 Å². The van der Waals surface area contributed by atoms with E-state index in [2.05, 4.69) is 5.73 Å². The van der Waals surface area contributed by atoms with Gasteiger partial charge >= 0.3 is 0 Å². The predicted octanol–water partition coefficient (Wildman–Crippen LogP) is 1.13. The van der Waals surface area contributed by atoms with Crippen molar-refractivity contribution < 1.29 is 0 Å². The van der Waals surface area contributed by atoms with Gasteiger partial charge < -0.3 is 9.80 Å². The second kappa shape index (κ2) is 4.02. The molecule has 2 nitrogen and oxygen atoms in total. The molecule has 0 unspecified atom stereocenters. The minimum Gasteiger partial charge on any atom is -0.358 e. The van der Waals surface area contributed by atoms with Crippen LogP contribution < -0.4 is 0 Å². The Morgan fingerprint density at radius 1 is 1.10 bits per heavy atom. The second-order valence-corrected chi connectivity index (χ2v) is 2.55. The fraction of sp³-hybridized carbons (Fsp3) is 0.625. The van der Waals surface area contributed by atoms with Crippen molar-refractivity contribution in [2.24, 2.45) is 0 Å². The van der Waals surface area contributed by atoms with Crippen molar-refractivity contribution in [1.82, 2.24) is 9.80 Å². The number of allylic oxidation sites excluding steroid dienone is 1. The SMILES string of the molecule is CC=C=C(N(C)C)N(C)C. The average molecular weight is 140 g/mol. The smallest absolute Gasteiger partial charge is 0.148 e. The summed E-state index contributed by atoms with van der Waals surface area (Å²) >= 11 is 0. The lowest BCUT2D eigenvalue weighted by Gasteiger charge is -2.21. The normalized spacial score (nSPS) is 8.10. The highest BCUT2D eigenvalue weighted by molar-refractivity contribution is 4.95. The summed E-state index contributed by atoms with van der Waals surface area (Å²) in [5.41, 5.74) is 3.12. The van der Waals surface area contributed by atoms with E-state index in [4.69, 9.17) is 0 Å². The van der Waals surface area contributed by atoms with Gasteiger partial charge in [-0.15, -0.1) is 0 Å². The van der Waals surface area contributed by atoms with E-state index < -0.39 is 0 Å². The van der Waals surface area contributed by atoms with E-state index in [1.54, 1.807) is 0 Å². The van der Waals surface area contributed by atoms with Crippen molar-refractivity contribution in [3.63, 3.8) is 0 Å². The van der Waals surface area contributed by atoms with Gasteiger partial charge in [-0.05, 0) is 13.0 Å². The molecule has 0 aromatic carbocycles. The molecule has 0 N–H and O–H groups in total. The molecule has 0 atom stereocenters. The Balaban J connectivity index is 4.44. The molecule has 0 radical (unpaired) electrons. The third-order valence-corrected chi connectivity index (χ3v) is 1.12. The lowest BCUT2D eigenvalue weighted by molar-refractivity contribution is 0.344. The summed E-state index contributed by atoms with van der Waals surface area (Å²) in [7, 11) is 8.02. The van der Waals surface area contributed by atoms with E-state index in [9.17, 15) is 0 Å². The first-order valence-corrected chi connectivity index (χ1v) is 3.35. The monoisotopic (exact) mass is 140 g/mol. The van der Waals surface area contributed by atoms with E-state index >= 15 is 0 Å². The molecule has 0 aromatic heterocycles. The maximum atomic E-state index is 3.12. The predicted molar refractivity (Wildman–Crippen MR) is 44.6 cm³/mol. The van der Waals surface area contributed by atoms with E-state index in [0.29, 0.717) is 0 Å². The van der Waals surface area contributed by atoms with Crippen LogP contribution in [0.1, 0.15) is 6.92 Å². The Morgan fingerprint density at radius 2 is 1.50 bits per heavy atom. The third kappa shape index (κ3) is 2.60. The minimum absolute atomic E-state index is 1.09. The summed E-state index contributed by atoms with van der Waals surface area (Å²) in [6.07, 6.45) is 1.91. The Hall–Kier alpha value is -0.880. The molecule has 0 fully saturated rings. The van der Waals surface area contributed by atoms with Crippen molar-refractivity contribution >= 4 is 0 Å². The number of hydrogen-bond acceptors (Lipinski definition) is 2. The molecule has 10 heavy (non-hydrogen) atoms. The van der Waals surface area contributed by atoms with Crippen LogP contribution in [0.4, 0.5) is 0 Å². The summed E-state index contributed by atoms with van der Waals surface area (Å²) in [6, 6.07) is 0. The van der Waals surface area contributed by atoms with E-state index in [1.807, 2.05) is 51.0 Å². The molecule has 0 rings (SSSR count). The first-order chi connectivity index (χ1) is 4.59. The molecule has 2 heteroatoms. The fourth-order valence-corrected chi connectivity index (χ4v) is 0.787. The quantitative estimate of drug-likeness (QED) is 0.530. The van der Waals surface area contributed by atoms with E-state index in [1.165, 1.54) is 0 Å². The average Bonchev–Trinajstić information content (AvgIpc) is 1.81. The first kappa shape index (κ1) is 9.12. The zero-order valence-corrected chi connectivity index (χ0v) is 7.47. The van der Waals surface area contributed by atoms with Gasteiger partial charge in [-0.2, -0.15) is 0 Å². The Morgan fingerprint density at radius 3 is 1.60 bits per heavy atom. The zero-order chi connectivity index (χ0) is 8.15. The first-order valence-electron chi connectivity index (χ1n) is 3.35. The molecular formula is C8H16N2. The molecule has 0 amide bonds. The molecule has 0 heterocycles. The largest absolute Gasteiger partial charge is 0.358 e. The molecule has 58 valence electrons. The van der Waals surface area contributed by atoms with Gasteiger partial charge in [0.25, 0.3) is 0 Å².